The molecule has 0 aliphatic rings. The Labute approximate surface area is 150 Å². The third-order valence-corrected chi connectivity index (χ3v) is 4.67. The summed E-state index contributed by atoms with van der Waals surface area (Å²) < 4.78 is 1.09. The van der Waals surface area contributed by atoms with Gasteiger partial charge in [-0.25, -0.2) is 0 Å². The maximum absolute atomic E-state index is 4.71. The van der Waals surface area contributed by atoms with Crippen LogP contribution < -0.4 is 0 Å². The highest BCUT2D eigenvalue weighted by atomic mass is 79.9. The van der Waals surface area contributed by atoms with Crippen LogP contribution in [-0.4, -0.2) is 4.98 Å². The maximum Gasteiger partial charge on any atom is 0.0711 e. The first-order valence-electron chi connectivity index (χ1n) is 7.93. The Hall–Kier alpha value is -2.45. The number of rotatable bonds is 2. The average Bonchev–Trinajstić information content (AvgIpc) is 2.61. The van der Waals surface area contributed by atoms with Gasteiger partial charge >= 0.3 is 0 Å². The summed E-state index contributed by atoms with van der Waals surface area (Å²) in [4.78, 5) is 4.71. The van der Waals surface area contributed by atoms with Crippen LogP contribution in [0, 0.1) is 6.92 Å². The van der Waals surface area contributed by atoms with Crippen molar-refractivity contribution in [2.24, 2.45) is 0 Å². The predicted octanol–water partition coefficient (Wildman–Crippen LogP) is 6.64. The molecule has 116 valence electrons. The Morgan fingerprint density at radius 2 is 1.50 bits per heavy atom. The van der Waals surface area contributed by atoms with E-state index in [9.17, 15) is 0 Å². The molecule has 4 aromatic rings. The number of aromatic nitrogens is 1. The second-order valence-corrected chi connectivity index (χ2v) is 6.84. The first-order chi connectivity index (χ1) is 11.7. The Kier molecular flexibility index (Phi) is 3.91. The highest BCUT2D eigenvalue weighted by molar-refractivity contribution is 9.10. The van der Waals surface area contributed by atoms with Gasteiger partial charge in [-0.3, -0.25) is 4.98 Å². The Bertz CT molecular complexity index is 1020. The van der Waals surface area contributed by atoms with Crippen molar-refractivity contribution in [3.8, 4) is 22.3 Å². The number of aryl methyl sites for hydroxylation is 1. The summed E-state index contributed by atoms with van der Waals surface area (Å²) in [7, 11) is 0. The zero-order valence-corrected chi connectivity index (χ0v) is 14.9. The van der Waals surface area contributed by atoms with E-state index < -0.39 is 0 Å². The fraction of sp³-hybridized carbons (Fsp3) is 0.0455. The van der Waals surface area contributed by atoms with E-state index in [2.05, 4.69) is 88.7 Å². The molecule has 0 atom stereocenters. The lowest BCUT2D eigenvalue weighted by molar-refractivity contribution is 1.26. The molecule has 0 radical (unpaired) electrons. The second-order valence-electron chi connectivity index (χ2n) is 5.92. The minimum Gasteiger partial charge on any atom is -0.253 e. The van der Waals surface area contributed by atoms with Crippen molar-refractivity contribution in [2.45, 2.75) is 6.92 Å². The molecule has 0 fully saturated rings. The summed E-state index contributed by atoms with van der Waals surface area (Å²) in [6, 6.07) is 27.6. The van der Waals surface area contributed by atoms with Gasteiger partial charge in [0.15, 0.2) is 0 Å². The van der Waals surface area contributed by atoms with E-state index >= 15 is 0 Å². The summed E-state index contributed by atoms with van der Waals surface area (Å²) in [5.41, 5.74) is 6.92. The number of hydrogen-bond donors (Lipinski definition) is 0. The van der Waals surface area contributed by atoms with E-state index in [1.807, 2.05) is 13.0 Å². The van der Waals surface area contributed by atoms with Crippen LogP contribution in [0.5, 0.6) is 0 Å². The van der Waals surface area contributed by atoms with Crippen LogP contribution in [0.1, 0.15) is 5.69 Å². The predicted molar refractivity (Wildman–Crippen MR) is 105 cm³/mol. The van der Waals surface area contributed by atoms with Crippen molar-refractivity contribution in [3.05, 3.63) is 89.0 Å². The van der Waals surface area contributed by atoms with Crippen molar-refractivity contribution >= 4 is 26.8 Å². The van der Waals surface area contributed by atoms with Gasteiger partial charge in [-0.2, -0.15) is 0 Å². The van der Waals surface area contributed by atoms with Crippen LogP contribution in [-0.2, 0) is 0 Å². The molecule has 0 spiro atoms. The molecule has 3 aromatic carbocycles. The molecule has 0 bridgehead atoms. The van der Waals surface area contributed by atoms with Crippen LogP contribution in [0.15, 0.2) is 83.3 Å². The van der Waals surface area contributed by atoms with Crippen molar-refractivity contribution in [1.29, 1.82) is 0 Å². The van der Waals surface area contributed by atoms with Gasteiger partial charge in [0.05, 0.1) is 5.52 Å². The Morgan fingerprint density at radius 1 is 0.708 bits per heavy atom. The standard InChI is InChI=1S/C22H16BrN/c1-15-12-20(18-8-5-9-19(23)13-18)21-14-17(10-11-22(21)24-15)16-6-3-2-4-7-16/h2-14H,1H3. The summed E-state index contributed by atoms with van der Waals surface area (Å²) >= 11 is 3.58. The van der Waals surface area contributed by atoms with Crippen LogP contribution in [0.25, 0.3) is 33.2 Å². The number of halogens is 1. The number of fused-ring (bicyclic) bond motifs is 1. The normalized spacial score (nSPS) is 10.9. The summed E-state index contributed by atoms with van der Waals surface area (Å²) in [6.07, 6.45) is 0. The molecule has 0 saturated heterocycles. The lowest BCUT2D eigenvalue weighted by atomic mass is 9.97. The van der Waals surface area contributed by atoms with E-state index in [0.29, 0.717) is 0 Å². The first-order valence-corrected chi connectivity index (χ1v) is 8.73. The molecular weight excluding hydrogens is 358 g/mol. The topological polar surface area (TPSA) is 12.9 Å². The lowest BCUT2D eigenvalue weighted by Gasteiger charge is -2.11. The lowest BCUT2D eigenvalue weighted by Crippen LogP contribution is -1.90. The van der Waals surface area contributed by atoms with Gasteiger partial charge in [0, 0.05) is 15.6 Å². The SMILES string of the molecule is Cc1cc(-c2cccc(Br)c2)c2cc(-c3ccccc3)ccc2n1. The van der Waals surface area contributed by atoms with E-state index in [4.69, 9.17) is 4.98 Å². The molecule has 1 aromatic heterocycles. The molecule has 0 aliphatic heterocycles. The zero-order chi connectivity index (χ0) is 16.5. The number of benzene rings is 3. The fourth-order valence-electron chi connectivity index (χ4n) is 3.06. The quantitative estimate of drug-likeness (QED) is 0.383. The summed E-state index contributed by atoms with van der Waals surface area (Å²) in [5, 5.41) is 1.18. The summed E-state index contributed by atoms with van der Waals surface area (Å²) in [5.74, 6) is 0. The highest BCUT2D eigenvalue weighted by Crippen LogP contribution is 2.33. The van der Waals surface area contributed by atoms with Crippen LogP contribution in [0.2, 0.25) is 0 Å². The maximum atomic E-state index is 4.71. The average molecular weight is 374 g/mol. The minimum atomic E-state index is 1.03. The van der Waals surface area contributed by atoms with Gasteiger partial charge in [-0.15, -0.1) is 0 Å². The van der Waals surface area contributed by atoms with Gasteiger partial charge in [0.25, 0.3) is 0 Å². The number of pyridine rings is 1. The van der Waals surface area contributed by atoms with Gasteiger partial charge in [0.1, 0.15) is 0 Å². The van der Waals surface area contributed by atoms with Crippen molar-refractivity contribution in [2.75, 3.05) is 0 Å². The minimum absolute atomic E-state index is 1.03. The summed E-state index contributed by atoms with van der Waals surface area (Å²) in [6.45, 7) is 2.05. The molecule has 0 unspecified atom stereocenters. The number of nitrogens with zero attached hydrogens (tertiary/aromatic N) is 1. The third kappa shape index (κ3) is 2.85. The van der Waals surface area contributed by atoms with Crippen LogP contribution >= 0.6 is 15.9 Å². The van der Waals surface area contributed by atoms with Gasteiger partial charge in [-0.05, 0) is 59.5 Å². The van der Waals surface area contributed by atoms with Gasteiger partial charge in [-0.1, -0.05) is 64.5 Å². The molecule has 0 aliphatic carbocycles. The van der Waals surface area contributed by atoms with Crippen LogP contribution in [0.3, 0.4) is 0 Å². The Morgan fingerprint density at radius 3 is 2.29 bits per heavy atom. The largest absolute Gasteiger partial charge is 0.253 e. The van der Waals surface area contributed by atoms with E-state index in [1.54, 1.807) is 0 Å². The van der Waals surface area contributed by atoms with Crippen molar-refractivity contribution in [1.82, 2.24) is 4.98 Å². The number of hydrogen-bond acceptors (Lipinski definition) is 1. The molecule has 2 heteroatoms. The molecule has 1 heterocycles. The molecule has 0 amide bonds. The van der Waals surface area contributed by atoms with E-state index in [0.717, 1.165) is 15.7 Å². The van der Waals surface area contributed by atoms with Crippen LogP contribution in [0.4, 0.5) is 0 Å². The second kappa shape index (κ2) is 6.21. The van der Waals surface area contributed by atoms with E-state index in [1.165, 1.54) is 27.6 Å². The van der Waals surface area contributed by atoms with E-state index in [-0.39, 0.29) is 0 Å². The molecular formula is C22H16BrN. The zero-order valence-electron chi connectivity index (χ0n) is 13.3. The van der Waals surface area contributed by atoms with Crippen molar-refractivity contribution in [3.63, 3.8) is 0 Å². The molecule has 0 saturated carbocycles. The Balaban J connectivity index is 1.98. The van der Waals surface area contributed by atoms with Gasteiger partial charge < -0.3 is 0 Å². The monoisotopic (exact) mass is 373 g/mol. The molecule has 24 heavy (non-hydrogen) atoms. The smallest absolute Gasteiger partial charge is 0.0711 e. The molecule has 4 rings (SSSR count). The third-order valence-electron chi connectivity index (χ3n) is 4.18. The molecule has 0 N–H and O–H groups in total. The molecule has 1 nitrogen and oxygen atoms in total. The van der Waals surface area contributed by atoms with Crippen molar-refractivity contribution < 1.29 is 0 Å². The fourth-order valence-corrected chi connectivity index (χ4v) is 3.46. The highest BCUT2D eigenvalue weighted by Gasteiger charge is 2.09. The first kappa shape index (κ1) is 15.1. The van der Waals surface area contributed by atoms with Gasteiger partial charge in [0.2, 0.25) is 0 Å².